The van der Waals surface area contributed by atoms with E-state index in [1.165, 1.54) is 6.42 Å². The van der Waals surface area contributed by atoms with Crippen LogP contribution < -0.4 is 10.6 Å². The van der Waals surface area contributed by atoms with E-state index in [4.69, 9.17) is 4.74 Å². The summed E-state index contributed by atoms with van der Waals surface area (Å²) in [5.41, 5.74) is 0.891. The van der Waals surface area contributed by atoms with Crippen LogP contribution in [0.4, 0.5) is 5.69 Å². The zero-order valence-electron chi connectivity index (χ0n) is 17.1. The van der Waals surface area contributed by atoms with Crippen molar-refractivity contribution in [1.82, 2.24) is 5.32 Å². The minimum Gasteiger partial charge on any atom is -0.462 e. The van der Waals surface area contributed by atoms with Gasteiger partial charge in [-0.1, -0.05) is 39.2 Å². The smallest absolute Gasteiger partial charge is 0.338 e. The van der Waals surface area contributed by atoms with Gasteiger partial charge in [-0.2, -0.15) is 0 Å². The topological polar surface area (TPSA) is 84.5 Å². The quantitative estimate of drug-likeness (QED) is 0.661. The first-order valence-electron chi connectivity index (χ1n) is 10.3. The molecule has 0 spiro atoms. The Kier molecular flexibility index (Phi) is 8.48. The lowest BCUT2D eigenvalue weighted by Crippen LogP contribution is -2.47. The summed E-state index contributed by atoms with van der Waals surface area (Å²) < 4.78 is 5.00. The number of ether oxygens (including phenoxy) is 1. The number of nitrogens with one attached hydrogen (secondary N) is 2. The number of hydrogen-bond donors (Lipinski definition) is 2. The van der Waals surface area contributed by atoms with Crippen molar-refractivity contribution in [2.45, 2.75) is 65.3 Å². The molecule has 2 rings (SSSR count). The Morgan fingerprint density at radius 2 is 1.86 bits per heavy atom. The summed E-state index contributed by atoms with van der Waals surface area (Å²) in [6.07, 6.45) is 5.66. The summed E-state index contributed by atoms with van der Waals surface area (Å²) in [7, 11) is 0. The first kappa shape index (κ1) is 21.9. The van der Waals surface area contributed by atoms with Crippen LogP contribution in [0.1, 0.15) is 69.7 Å². The van der Waals surface area contributed by atoms with Crippen LogP contribution in [-0.4, -0.2) is 30.4 Å². The first-order chi connectivity index (χ1) is 13.4. The molecule has 28 heavy (non-hydrogen) atoms. The lowest BCUT2D eigenvalue weighted by atomic mass is 9.88. The molecule has 0 saturated heterocycles. The molecule has 0 bridgehead atoms. The highest BCUT2D eigenvalue weighted by Gasteiger charge is 2.27. The Morgan fingerprint density at radius 1 is 1.14 bits per heavy atom. The predicted octanol–water partition coefficient (Wildman–Crippen LogP) is 3.91. The molecule has 1 aromatic rings. The monoisotopic (exact) mass is 388 g/mol. The van der Waals surface area contributed by atoms with Gasteiger partial charge in [-0.3, -0.25) is 9.59 Å². The number of anilines is 1. The number of carbonyl (C=O) groups is 3. The summed E-state index contributed by atoms with van der Waals surface area (Å²) in [6.45, 7) is 6.08. The number of amides is 2. The van der Waals surface area contributed by atoms with Gasteiger partial charge in [0.1, 0.15) is 6.04 Å². The van der Waals surface area contributed by atoms with Gasteiger partial charge in [-0.05, 0) is 50.3 Å². The Bertz CT molecular complexity index is 681. The molecule has 0 radical (unpaired) electrons. The molecule has 1 atom stereocenters. The molecular formula is C22H32N2O4. The molecule has 0 heterocycles. The molecule has 1 aliphatic rings. The second-order valence-corrected chi connectivity index (χ2v) is 7.82. The number of rotatable bonds is 8. The van der Waals surface area contributed by atoms with Gasteiger partial charge in [0.2, 0.25) is 11.8 Å². The molecular weight excluding hydrogens is 356 g/mol. The van der Waals surface area contributed by atoms with Gasteiger partial charge in [-0.15, -0.1) is 0 Å². The molecule has 0 aliphatic heterocycles. The standard InChI is InChI=1S/C22H32N2O4/c1-4-28-22(27)17-11-8-12-18(14-17)23-21(26)19(13-15(2)3)24-20(25)16-9-6-5-7-10-16/h8,11-12,14-16,19H,4-7,9-10,13H2,1-3H3,(H,23,26)(H,24,25)/t19-/m0/s1. The van der Waals surface area contributed by atoms with Crippen molar-refractivity contribution in [2.24, 2.45) is 11.8 Å². The van der Waals surface area contributed by atoms with Crippen molar-refractivity contribution in [2.75, 3.05) is 11.9 Å². The fraction of sp³-hybridized carbons (Fsp3) is 0.591. The highest BCUT2D eigenvalue weighted by molar-refractivity contribution is 5.98. The fourth-order valence-electron chi connectivity index (χ4n) is 3.52. The summed E-state index contributed by atoms with van der Waals surface area (Å²) in [5.74, 6) is -0.459. The highest BCUT2D eigenvalue weighted by atomic mass is 16.5. The van der Waals surface area contributed by atoms with Crippen molar-refractivity contribution in [1.29, 1.82) is 0 Å². The third kappa shape index (κ3) is 6.66. The third-order valence-corrected chi connectivity index (χ3v) is 4.96. The van der Waals surface area contributed by atoms with E-state index in [0.29, 0.717) is 24.3 Å². The molecule has 2 N–H and O–H groups in total. The fourth-order valence-corrected chi connectivity index (χ4v) is 3.52. The second kappa shape index (κ2) is 10.8. The Hall–Kier alpha value is -2.37. The van der Waals surface area contributed by atoms with Crippen LogP contribution >= 0.6 is 0 Å². The average Bonchev–Trinajstić information content (AvgIpc) is 2.68. The van der Waals surface area contributed by atoms with Crippen molar-refractivity contribution in [3.05, 3.63) is 29.8 Å². The number of esters is 1. The lowest BCUT2D eigenvalue weighted by molar-refractivity contribution is -0.130. The third-order valence-electron chi connectivity index (χ3n) is 4.96. The minimum atomic E-state index is -0.597. The van der Waals surface area contributed by atoms with Crippen molar-refractivity contribution >= 4 is 23.5 Å². The zero-order chi connectivity index (χ0) is 20.5. The van der Waals surface area contributed by atoms with E-state index in [9.17, 15) is 14.4 Å². The van der Waals surface area contributed by atoms with Gasteiger partial charge in [0.25, 0.3) is 0 Å². The van der Waals surface area contributed by atoms with E-state index in [2.05, 4.69) is 10.6 Å². The molecule has 1 aromatic carbocycles. The van der Waals surface area contributed by atoms with Crippen molar-refractivity contribution in [3.63, 3.8) is 0 Å². The molecule has 6 nitrogen and oxygen atoms in total. The normalized spacial score (nSPS) is 15.7. The minimum absolute atomic E-state index is 0.00311. The molecule has 1 saturated carbocycles. The van der Waals surface area contributed by atoms with Gasteiger partial charge in [0, 0.05) is 11.6 Å². The molecule has 0 unspecified atom stereocenters. The predicted molar refractivity (Wildman–Crippen MR) is 109 cm³/mol. The maximum Gasteiger partial charge on any atom is 0.338 e. The molecule has 1 fully saturated rings. The van der Waals surface area contributed by atoms with Crippen LogP contribution in [0.5, 0.6) is 0 Å². The summed E-state index contributed by atoms with van der Waals surface area (Å²) in [6, 6.07) is 6.05. The molecule has 2 amide bonds. The van der Waals surface area contributed by atoms with Gasteiger partial charge < -0.3 is 15.4 Å². The van der Waals surface area contributed by atoms with Gasteiger partial charge >= 0.3 is 5.97 Å². The Morgan fingerprint density at radius 3 is 2.50 bits per heavy atom. The SMILES string of the molecule is CCOC(=O)c1cccc(NC(=O)[C@H](CC(C)C)NC(=O)C2CCCCC2)c1. The molecule has 154 valence electrons. The summed E-state index contributed by atoms with van der Waals surface area (Å²) in [5, 5.41) is 5.78. The van der Waals surface area contributed by atoms with Gasteiger partial charge in [-0.25, -0.2) is 4.79 Å². The van der Waals surface area contributed by atoms with Crippen LogP contribution in [0.25, 0.3) is 0 Å². The Labute approximate surface area is 167 Å². The maximum absolute atomic E-state index is 12.8. The van der Waals surface area contributed by atoms with Gasteiger partial charge in [0.05, 0.1) is 12.2 Å². The van der Waals surface area contributed by atoms with Crippen LogP contribution in [0.2, 0.25) is 0 Å². The number of benzene rings is 1. The maximum atomic E-state index is 12.8. The van der Waals surface area contributed by atoms with Crippen molar-refractivity contribution in [3.8, 4) is 0 Å². The van der Waals surface area contributed by atoms with E-state index in [1.54, 1.807) is 31.2 Å². The lowest BCUT2D eigenvalue weighted by Gasteiger charge is -2.25. The highest BCUT2D eigenvalue weighted by Crippen LogP contribution is 2.24. The van der Waals surface area contributed by atoms with E-state index in [-0.39, 0.29) is 23.7 Å². The number of hydrogen-bond acceptors (Lipinski definition) is 4. The van der Waals surface area contributed by atoms with Crippen LogP contribution in [0, 0.1) is 11.8 Å². The van der Waals surface area contributed by atoms with Crippen LogP contribution in [0.15, 0.2) is 24.3 Å². The summed E-state index contributed by atoms with van der Waals surface area (Å²) in [4.78, 5) is 37.3. The van der Waals surface area contributed by atoms with Crippen molar-refractivity contribution < 1.29 is 19.1 Å². The first-order valence-corrected chi connectivity index (χ1v) is 10.3. The van der Waals surface area contributed by atoms with E-state index in [1.807, 2.05) is 13.8 Å². The second-order valence-electron chi connectivity index (χ2n) is 7.82. The van der Waals surface area contributed by atoms with Gasteiger partial charge in [0.15, 0.2) is 0 Å². The largest absolute Gasteiger partial charge is 0.462 e. The average molecular weight is 389 g/mol. The van der Waals surface area contributed by atoms with E-state index < -0.39 is 12.0 Å². The van der Waals surface area contributed by atoms with Crippen LogP contribution in [0.3, 0.4) is 0 Å². The summed E-state index contributed by atoms with van der Waals surface area (Å²) >= 11 is 0. The van der Waals surface area contributed by atoms with Crippen LogP contribution in [-0.2, 0) is 14.3 Å². The number of carbonyl (C=O) groups excluding carboxylic acids is 3. The molecule has 0 aromatic heterocycles. The molecule has 1 aliphatic carbocycles. The molecule has 6 heteroatoms. The Balaban J connectivity index is 2.05. The van der Waals surface area contributed by atoms with E-state index >= 15 is 0 Å². The van der Waals surface area contributed by atoms with E-state index in [0.717, 1.165) is 25.7 Å². The zero-order valence-corrected chi connectivity index (χ0v) is 17.1.